The monoisotopic (exact) mass is 334 g/mol. The molecule has 0 unspecified atom stereocenters. The van der Waals surface area contributed by atoms with Crippen LogP contribution < -0.4 is 10.5 Å². The molecule has 0 amide bonds. The van der Waals surface area contributed by atoms with Crippen LogP contribution in [0.3, 0.4) is 0 Å². The summed E-state index contributed by atoms with van der Waals surface area (Å²) in [4.78, 5) is 0. The number of nitrogens with zero attached hydrogens (tertiary/aromatic N) is 1. The third-order valence-electron chi connectivity index (χ3n) is 2.73. The van der Waals surface area contributed by atoms with Crippen LogP contribution in [-0.2, 0) is 13.0 Å². The normalized spacial score (nSPS) is 11.3. The summed E-state index contributed by atoms with van der Waals surface area (Å²) >= 11 is 3.43. The van der Waals surface area contributed by atoms with E-state index in [2.05, 4.69) is 21.1 Å². The van der Waals surface area contributed by atoms with Crippen molar-refractivity contribution in [2.45, 2.75) is 13.0 Å². The average molecular weight is 335 g/mol. The molecule has 0 radical (unpaired) electrons. The van der Waals surface area contributed by atoms with Crippen molar-refractivity contribution in [3.05, 3.63) is 64.1 Å². The van der Waals surface area contributed by atoms with Crippen molar-refractivity contribution in [1.29, 1.82) is 0 Å². The maximum absolute atomic E-state index is 8.52. The Balaban J connectivity index is 1.94. The van der Waals surface area contributed by atoms with Crippen LogP contribution in [-0.4, -0.2) is 11.0 Å². The number of amidine groups is 1. The van der Waals surface area contributed by atoms with Gasteiger partial charge in [0.2, 0.25) is 0 Å². The van der Waals surface area contributed by atoms with Crippen molar-refractivity contribution in [2.24, 2.45) is 10.9 Å². The maximum atomic E-state index is 8.52. The van der Waals surface area contributed by atoms with Gasteiger partial charge in [0.15, 0.2) is 0 Å². The van der Waals surface area contributed by atoms with Crippen LogP contribution in [0.1, 0.15) is 11.1 Å². The summed E-state index contributed by atoms with van der Waals surface area (Å²) in [6.45, 7) is 0.513. The molecule has 0 spiro atoms. The lowest BCUT2D eigenvalue weighted by molar-refractivity contribution is 0.306. The molecule has 5 heteroatoms. The molecular formula is C15H15BrN2O2. The van der Waals surface area contributed by atoms with Crippen LogP contribution in [0.2, 0.25) is 0 Å². The molecule has 4 nitrogen and oxygen atoms in total. The second-order valence-electron chi connectivity index (χ2n) is 4.33. The Hall–Kier alpha value is -2.01. The quantitative estimate of drug-likeness (QED) is 0.381. The Morgan fingerprint density at radius 1 is 1.15 bits per heavy atom. The molecule has 0 fully saturated rings. The molecule has 0 bridgehead atoms. The largest absolute Gasteiger partial charge is 0.489 e. The van der Waals surface area contributed by atoms with E-state index < -0.39 is 0 Å². The summed E-state index contributed by atoms with van der Waals surface area (Å²) < 4.78 is 6.74. The predicted octanol–water partition coefficient (Wildman–Crippen LogP) is 3.32. The van der Waals surface area contributed by atoms with Gasteiger partial charge < -0.3 is 15.7 Å². The minimum atomic E-state index is 0.188. The standard InChI is InChI=1S/C15H15BrN2O2/c16-13-3-1-2-12(8-13)10-20-14-6-4-11(5-7-14)9-15(17)18-19/h1-8,19H,9-10H2,(H2,17,18). The van der Waals surface area contributed by atoms with Crippen molar-refractivity contribution in [1.82, 2.24) is 0 Å². The highest BCUT2D eigenvalue weighted by molar-refractivity contribution is 9.10. The fourth-order valence-electron chi connectivity index (χ4n) is 1.74. The molecule has 0 aliphatic rings. The van der Waals surface area contributed by atoms with E-state index in [1.807, 2.05) is 48.5 Å². The lowest BCUT2D eigenvalue weighted by Gasteiger charge is -2.07. The molecule has 0 saturated heterocycles. The van der Waals surface area contributed by atoms with E-state index in [9.17, 15) is 0 Å². The van der Waals surface area contributed by atoms with E-state index in [-0.39, 0.29) is 5.84 Å². The average Bonchev–Trinajstić information content (AvgIpc) is 2.46. The zero-order chi connectivity index (χ0) is 14.4. The number of benzene rings is 2. The Bertz CT molecular complexity index is 597. The Kier molecular flexibility index (Phi) is 5.01. The van der Waals surface area contributed by atoms with Crippen LogP contribution >= 0.6 is 15.9 Å². The highest BCUT2D eigenvalue weighted by Gasteiger charge is 2.00. The first-order chi connectivity index (χ1) is 9.67. The minimum absolute atomic E-state index is 0.188. The van der Waals surface area contributed by atoms with Crippen LogP contribution in [0.4, 0.5) is 0 Å². The molecule has 104 valence electrons. The first-order valence-corrected chi connectivity index (χ1v) is 6.89. The second kappa shape index (κ2) is 6.96. The maximum Gasteiger partial charge on any atom is 0.143 e. The summed E-state index contributed by atoms with van der Waals surface area (Å²) in [7, 11) is 0. The first-order valence-electron chi connectivity index (χ1n) is 6.10. The lowest BCUT2D eigenvalue weighted by Crippen LogP contribution is -2.14. The summed E-state index contributed by atoms with van der Waals surface area (Å²) in [5.74, 6) is 0.973. The fourth-order valence-corrected chi connectivity index (χ4v) is 2.19. The minimum Gasteiger partial charge on any atom is -0.489 e. The van der Waals surface area contributed by atoms with Gasteiger partial charge in [-0.05, 0) is 35.4 Å². The van der Waals surface area contributed by atoms with Crippen LogP contribution in [0.25, 0.3) is 0 Å². The Morgan fingerprint density at radius 3 is 2.55 bits per heavy atom. The lowest BCUT2D eigenvalue weighted by atomic mass is 10.1. The summed E-state index contributed by atoms with van der Waals surface area (Å²) in [6.07, 6.45) is 0.419. The molecule has 2 rings (SSSR count). The van der Waals surface area contributed by atoms with Crippen LogP contribution in [0.5, 0.6) is 5.75 Å². The molecule has 20 heavy (non-hydrogen) atoms. The highest BCUT2D eigenvalue weighted by atomic mass is 79.9. The van der Waals surface area contributed by atoms with Crippen molar-refractivity contribution in [2.75, 3.05) is 0 Å². The smallest absolute Gasteiger partial charge is 0.143 e. The van der Waals surface area contributed by atoms with Gasteiger partial charge >= 0.3 is 0 Å². The van der Waals surface area contributed by atoms with Gasteiger partial charge in [-0.2, -0.15) is 0 Å². The van der Waals surface area contributed by atoms with Crippen molar-refractivity contribution < 1.29 is 9.94 Å². The van der Waals surface area contributed by atoms with Crippen LogP contribution in [0.15, 0.2) is 58.2 Å². The zero-order valence-corrected chi connectivity index (χ0v) is 12.4. The molecule has 0 atom stereocenters. The van der Waals surface area contributed by atoms with Gasteiger partial charge in [0.1, 0.15) is 18.2 Å². The number of ether oxygens (including phenoxy) is 1. The molecule has 0 aliphatic carbocycles. The SMILES string of the molecule is NC(Cc1ccc(OCc2cccc(Br)c2)cc1)=NO. The van der Waals surface area contributed by atoms with E-state index in [0.29, 0.717) is 13.0 Å². The fraction of sp³-hybridized carbons (Fsp3) is 0.133. The predicted molar refractivity (Wildman–Crippen MR) is 82.0 cm³/mol. The molecule has 2 aromatic carbocycles. The van der Waals surface area contributed by atoms with Crippen molar-refractivity contribution in [3.8, 4) is 5.75 Å². The number of hydrogen-bond acceptors (Lipinski definition) is 3. The van der Waals surface area contributed by atoms with Gasteiger partial charge in [0, 0.05) is 10.9 Å². The first kappa shape index (κ1) is 14.4. The van der Waals surface area contributed by atoms with Crippen molar-refractivity contribution >= 4 is 21.8 Å². The summed E-state index contributed by atoms with van der Waals surface area (Å²) in [5.41, 5.74) is 7.52. The van der Waals surface area contributed by atoms with E-state index in [1.165, 1.54) is 0 Å². The number of oxime groups is 1. The van der Waals surface area contributed by atoms with E-state index in [4.69, 9.17) is 15.7 Å². The van der Waals surface area contributed by atoms with Gasteiger partial charge in [0.25, 0.3) is 0 Å². The third kappa shape index (κ3) is 4.28. The molecule has 0 aliphatic heterocycles. The number of hydrogen-bond donors (Lipinski definition) is 2. The molecule has 0 saturated carbocycles. The third-order valence-corrected chi connectivity index (χ3v) is 3.22. The Morgan fingerprint density at radius 2 is 1.90 bits per heavy atom. The summed E-state index contributed by atoms with van der Waals surface area (Å²) in [5, 5.41) is 11.5. The van der Waals surface area contributed by atoms with E-state index >= 15 is 0 Å². The van der Waals surface area contributed by atoms with E-state index in [1.54, 1.807) is 0 Å². The highest BCUT2D eigenvalue weighted by Crippen LogP contribution is 2.16. The summed E-state index contributed by atoms with van der Waals surface area (Å²) in [6, 6.07) is 15.5. The number of halogens is 1. The van der Waals surface area contributed by atoms with Gasteiger partial charge in [-0.3, -0.25) is 0 Å². The zero-order valence-electron chi connectivity index (χ0n) is 10.8. The van der Waals surface area contributed by atoms with Gasteiger partial charge in [-0.1, -0.05) is 45.4 Å². The van der Waals surface area contributed by atoms with Crippen molar-refractivity contribution in [3.63, 3.8) is 0 Å². The Labute approximate surface area is 126 Å². The second-order valence-corrected chi connectivity index (χ2v) is 5.25. The topological polar surface area (TPSA) is 67.8 Å². The number of rotatable bonds is 5. The molecule has 0 aromatic heterocycles. The molecule has 2 aromatic rings. The molecule has 0 heterocycles. The van der Waals surface area contributed by atoms with Gasteiger partial charge in [0.05, 0.1) is 0 Å². The molecular weight excluding hydrogens is 320 g/mol. The van der Waals surface area contributed by atoms with Gasteiger partial charge in [-0.15, -0.1) is 0 Å². The number of nitrogens with two attached hydrogens (primary N) is 1. The molecule has 3 N–H and O–H groups in total. The van der Waals surface area contributed by atoms with Crippen LogP contribution in [0, 0.1) is 0 Å². The van der Waals surface area contributed by atoms with E-state index in [0.717, 1.165) is 21.3 Å². The van der Waals surface area contributed by atoms with Gasteiger partial charge in [-0.25, -0.2) is 0 Å².